The fraction of sp³-hybridized carbons (Fsp3) is 0.375. The average Bonchev–Trinajstić information content (AvgIpc) is 3.08. The minimum Gasteiger partial charge on any atom is -0.412 e. The summed E-state index contributed by atoms with van der Waals surface area (Å²) >= 11 is 6.14. The number of anilines is 1. The zero-order valence-electron chi connectivity index (χ0n) is 19.4. The summed E-state index contributed by atoms with van der Waals surface area (Å²) < 4.78 is 6.34. The maximum atomic E-state index is 13.6. The number of rotatable bonds is 7. The Morgan fingerprint density at radius 1 is 1.22 bits per heavy atom. The van der Waals surface area contributed by atoms with E-state index >= 15 is 0 Å². The molecular weight excluding hydrogens is 442 g/mol. The van der Waals surface area contributed by atoms with E-state index in [1.54, 1.807) is 37.4 Å². The summed E-state index contributed by atoms with van der Waals surface area (Å²) in [5.74, 6) is -0.490. The molecule has 0 aliphatic rings. The number of benzene rings is 1. The van der Waals surface area contributed by atoms with E-state index in [0.717, 1.165) is 5.39 Å². The number of hydrogen-bond donors (Lipinski definition) is 2. The molecule has 0 radical (unpaired) electrons. The van der Waals surface area contributed by atoms with Gasteiger partial charge in [0.05, 0.1) is 12.3 Å². The minimum absolute atomic E-state index is 0.0490. The van der Waals surface area contributed by atoms with Gasteiger partial charge in [0.2, 0.25) is 11.7 Å². The summed E-state index contributed by atoms with van der Waals surface area (Å²) in [7, 11) is -2.01. The van der Waals surface area contributed by atoms with Gasteiger partial charge in [0.1, 0.15) is 11.4 Å². The smallest absolute Gasteiger partial charge is 0.230 e. The molecule has 2 aromatic heterocycles. The Labute approximate surface area is 194 Å². The highest BCUT2D eigenvalue weighted by molar-refractivity contribution is 6.74. The van der Waals surface area contributed by atoms with E-state index < -0.39 is 8.32 Å². The number of nitrogens with zero attached hydrogens (tertiary/aromatic N) is 1. The molecule has 0 aliphatic heterocycles. The van der Waals surface area contributed by atoms with Crippen molar-refractivity contribution in [1.29, 1.82) is 0 Å². The largest absolute Gasteiger partial charge is 0.412 e. The lowest BCUT2D eigenvalue weighted by Gasteiger charge is -2.36. The second kappa shape index (κ2) is 9.17. The van der Waals surface area contributed by atoms with Crippen molar-refractivity contribution in [2.45, 2.75) is 58.9 Å². The molecule has 8 heteroatoms. The van der Waals surface area contributed by atoms with Gasteiger partial charge in [-0.3, -0.25) is 14.6 Å². The van der Waals surface area contributed by atoms with Crippen LogP contribution in [0, 0.1) is 0 Å². The third kappa shape index (κ3) is 4.95. The maximum absolute atomic E-state index is 13.6. The van der Waals surface area contributed by atoms with Crippen molar-refractivity contribution in [2.24, 2.45) is 0 Å². The molecule has 0 fully saturated rings. The van der Waals surface area contributed by atoms with Gasteiger partial charge in [-0.1, -0.05) is 45.4 Å². The van der Waals surface area contributed by atoms with Crippen LogP contribution in [0.5, 0.6) is 0 Å². The zero-order chi connectivity index (χ0) is 23.7. The van der Waals surface area contributed by atoms with Gasteiger partial charge in [0, 0.05) is 34.1 Å². The van der Waals surface area contributed by atoms with Crippen LogP contribution in [0.15, 0.2) is 36.5 Å². The van der Waals surface area contributed by atoms with E-state index in [9.17, 15) is 9.59 Å². The molecule has 0 bridgehead atoms. The molecule has 0 saturated heterocycles. The number of fused-ring (bicyclic) bond motifs is 1. The van der Waals surface area contributed by atoms with Gasteiger partial charge in [-0.15, -0.1) is 0 Å². The third-order valence-electron chi connectivity index (χ3n) is 6.07. The molecule has 0 atom stereocenters. The molecule has 1 amide bonds. The first-order valence-corrected chi connectivity index (χ1v) is 14.0. The molecule has 1 aromatic carbocycles. The molecule has 0 unspecified atom stereocenters. The van der Waals surface area contributed by atoms with Crippen LogP contribution in [-0.4, -0.2) is 30.0 Å². The molecule has 32 heavy (non-hydrogen) atoms. The number of carbonyl (C=O) groups is 2. The molecule has 170 valence electrons. The Morgan fingerprint density at radius 2 is 1.94 bits per heavy atom. The number of pyridine rings is 1. The number of H-pyrrole nitrogens is 1. The molecule has 3 rings (SSSR count). The molecule has 6 nitrogen and oxygen atoms in total. The molecule has 0 saturated carbocycles. The highest BCUT2D eigenvalue weighted by Gasteiger charge is 2.37. The normalized spacial score (nSPS) is 12.2. The summed E-state index contributed by atoms with van der Waals surface area (Å²) in [6.07, 6.45) is 1.88. The van der Waals surface area contributed by atoms with Crippen LogP contribution < -0.4 is 5.32 Å². The monoisotopic (exact) mass is 471 g/mol. The van der Waals surface area contributed by atoms with Gasteiger partial charge in [-0.05, 0) is 42.4 Å². The maximum Gasteiger partial charge on any atom is 0.230 e. The fourth-order valence-corrected chi connectivity index (χ4v) is 4.17. The number of amides is 1. The van der Waals surface area contributed by atoms with E-state index in [1.165, 1.54) is 0 Å². The van der Waals surface area contributed by atoms with Gasteiger partial charge in [0.15, 0.2) is 8.32 Å². The Bertz CT molecular complexity index is 1160. The van der Waals surface area contributed by atoms with E-state index in [-0.39, 0.29) is 22.4 Å². The summed E-state index contributed by atoms with van der Waals surface area (Å²) in [6, 6.07) is 8.90. The second-order valence-electron chi connectivity index (χ2n) is 9.36. The molecule has 0 spiro atoms. The van der Waals surface area contributed by atoms with Crippen molar-refractivity contribution in [3.63, 3.8) is 0 Å². The Kier molecular flexibility index (Phi) is 6.93. The van der Waals surface area contributed by atoms with E-state index in [4.69, 9.17) is 16.0 Å². The topological polar surface area (TPSA) is 84.1 Å². The van der Waals surface area contributed by atoms with Gasteiger partial charge in [0.25, 0.3) is 0 Å². The molecule has 2 N–H and O–H groups in total. The molecule has 0 aliphatic carbocycles. The van der Waals surface area contributed by atoms with Crippen molar-refractivity contribution >= 4 is 48.2 Å². The van der Waals surface area contributed by atoms with Gasteiger partial charge in [-0.25, -0.2) is 0 Å². The fourth-order valence-electron chi connectivity index (χ4n) is 3.05. The van der Waals surface area contributed by atoms with Crippen molar-refractivity contribution in [2.75, 3.05) is 5.32 Å². The van der Waals surface area contributed by atoms with Crippen LogP contribution in [-0.2, 0) is 15.8 Å². The number of aromatic nitrogens is 2. The SMILES string of the molecule is CCC(=O)Nc1c(C(=O)c2ncccc2CO[Si](C)(C)C(C)(C)C)[nH]c2cc(Cl)ccc12. The number of carbonyl (C=O) groups excluding carboxylic acids is 2. The lowest BCUT2D eigenvalue weighted by molar-refractivity contribution is -0.115. The van der Waals surface area contributed by atoms with Crippen LogP contribution >= 0.6 is 11.6 Å². The minimum atomic E-state index is -2.01. The zero-order valence-corrected chi connectivity index (χ0v) is 21.2. The predicted molar refractivity (Wildman–Crippen MR) is 132 cm³/mol. The lowest BCUT2D eigenvalue weighted by Crippen LogP contribution is -2.40. The first-order chi connectivity index (χ1) is 14.9. The van der Waals surface area contributed by atoms with Crippen molar-refractivity contribution in [1.82, 2.24) is 9.97 Å². The van der Waals surface area contributed by atoms with Crippen LogP contribution in [0.3, 0.4) is 0 Å². The average molecular weight is 472 g/mol. The lowest BCUT2D eigenvalue weighted by atomic mass is 10.1. The molecular formula is C24H30ClN3O3Si. The van der Waals surface area contributed by atoms with E-state index in [0.29, 0.717) is 40.5 Å². The van der Waals surface area contributed by atoms with E-state index in [2.05, 4.69) is 49.1 Å². The summed E-state index contributed by atoms with van der Waals surface area (Å²) in [4.78, 5) is 33.3. The third-order valence-corrected chi connectivity index (χ3v) is 10.8. The Hall–Kier alpha value is -2.48. The van der Waals surface area contributed by atoms with Crippen molar-refractivity contribution in [3.05, 3.63) is 58.5 Å². The first kappa shape index (κ1) is 24.2. The van der Waals surface area contributed by atoms with Gasteiger partial charge >= 0.3 is 0 Å². The van der Waals surface area contributed by atoms with Crippen LogP contribution in [0.1, 0.15) is 55.9 Å². The summed E-state index contributed by atoms with van der Waals surface area (Å²) in [5, 5.41) is 4.16. The van der Waals surface area contributed by atoms with Crippen molar-refractivity contribution in [3.8, 4) is 0 Å². The second-order valence-corrected chi connectivity index (χ2v) is 14.6. The van der Waals surface area contributed by atoms with Crippen LogP contribution in [0.25, 0.3) is 10.9 Å². The Balaban J connectivity index is 2.03. The first-order valence-electron chi connectivity index (χ1n) is 10.7. The highest BCUT2D eigenvalue weighted by Crippen LogP contribution is 2.37. The number of halogens is 1. The summed E-state index contributed by atoms with van der Waals surface area (Å²) in [6.45, 7) is 12.9. The van der Waals surface area contributed by atoms with Gasteiger partial charge in [-0.2, -0.15) is 0 Å². The van der Waals surface area contributed by atoms with Gasteiger partial charge < -0.3 is 14.7 Å². The number of hydrogen-bond acceptors (Lipinski definition) is 4. The summed E-state index contributed by atoms with van der Waals surface area (Å²) in [5.41, 5.74) is 2.40. The number of aromatic amines is 1. The van der Waals surface area contributed by atoms with Crippen LogP contribution in [0.4, 0.5) is 5.69 Å². The Morgan fingerprint density at radius 3 is 2.59 bits per heavy atom. The van der Waals surface area contributed by atoms with Crippen molar-refractivity contribution < 1.29 is 14.0 Å². The predicted octanol–water partition coefficient (Wildman–Crippen LogP) is 6.32. The van der Waals surface area contributed by atoms with E-state index in [1.807, 2.05) is 6.07 Å². The highest BCUT2D eigenvalue weighted by atomic mass is 35.5. The van der Waals surface area contributed by atoms with Crippen LogP contribution in [0.2, 0.25) is 23.2 Å². The molecule has 3 aromatic rings. The number of ketones is 1. The molecule has 2 heterocycles. The standard InChI is InChI=1S/C24H30ClN3O3Si/c1-7-19(29)28-21-17-11-10-16(25)13-18(17)27-22(21)23(30)20-15(9-8-12-26-20)14-31-32(5,6)24(2,3)4/h8-13,27H,7,14H2,1-6H3,(H,28,29). The number of nitrogens with one attached hydrogen (secondary N) is 2. The quantitative estimate of drug-likeness (QED) is 0.312.